The lowest BCUT2D eigenvalue weighted by atomic mass is 9.94. The highest BCUT2D eigenvalue weighted by atomic mass is 35.5. The molecule has 0 radical (unpaired) electrons. The number of pyridine rings is 1. The molecule has 0 atom stereocenters. The first-order valence-corrected chi connectivity index (χ1v) is 6.39. The maximum absolute atomic E-state index is 11.0. The van der Waals surface area contributed by atoms with Crippen LogP contribution in [0.5, 0.6) is 0 Å². The topological polar surface area (TPSA) is 50.2 Å². The second-order valence-electron chi connectivity index (χ2n) is 4.60. The van der Waals surface area contributed by atoms with Crippen LogP contribution in [0.1, 0.15) is 34.5 Å². The van der Waals surface area contributed by atoms with E-state index < -0.39 is 5.97 Å². The number of aromatic nitrogens is 1. The van der Waals surface area contributed by atoms with Crippen molar-refractivity contribution in [2.24, 2.45) is 0 Å². The van der Waals surface area contributed by atoms with Gasteiger partial charge in [0.25, 0.3) is 0 Å². The van der Waals surface area contributed by atoms with E-state index in [0.717, 1.165) is 47.3 Å². The number of aromatic carboxylic acids is 1. The molecule has 18 heavy (non-hydrogen) atoms. The molecule has 4 heteroatoms. The Hall–Kier alpha value is -1.61. The molecule has 1 N–H and O–H groups in total. The standard InChI is InChI=1S/C14H12ClNO2/c15-13-9-3-1-2-4-11(9)16-12-7-8(14(17)18)5-6-10(12)13/h5-7H,1-4H2,(H,17,18). The van der Waals surface area contributed by atoms with E-state index in [0.29, 0.717) is 5.52 Å². The van der Waals surface area contributed by atoms with Crippen LogP contribution in [0, 0.1) is 0 Å². The first kappa shape index (κ1) is 11.5. The molecule has 3 nitrogen and oxygen atoms in total. The Labute approximate surface area is 109 Å². The van der Waals surface area contributed by atoms with Crippen LogP contribution in [0.25, 0.3) is 10.9 Å². The number of hydrogen-bond donors (Lipinski definition) is 1. The van der Waals surface area contributed by atoms with E-state index in [9.17, 15) is 4.79 Å². The predicted octanol–water partition coefficient (Wildman–Crippen LogP) is 3.47. The number of fused-ring (bicyclic) bond motifs is 2. The number of aryl methyl sites for hydroxylation is 1. The minimum Gasteiger partial charge on any atom is -0.478 e. The first-order chi connectivity index (χ1) is 8.66. The number of benzene rings is 1. The second-order valence-corrected chi connectivity index (χ2v) is 4.97. The predicted molar refractivity (Wildman–Crippen MR) is 70.4 cm³/mol. The van der Waals surface area contributed by atoms with E-state index in [1.54, 1.807) is 18.2 Å². The maximum atomic E-state index is 11.0. The van der Waals surface area contributed by atoms with Gasteiger partial charge in [-0.15, -0.1) is 0 Å². The zero-order chi connectivity index (χ0) is 12.7. The Kier molecular flexibility index (Phi) is 2.71. The molecule has 0 amide bonds. The van der Waals surface area contributed by atoms with Gasteiger partial charge in [-0.05, 0) is 43.4 Å². The normalized spacial score (nSPS) is 14.5. The molecule has 0 saturated heterocycles. The molecule has 1 aromatic carbocycles. The smallest absolute Gasteiger partial charge is 0.335 e. The Balaban J connectivity index is 2.28. The summed E-state index contributed by atoms with van der Waals surface area (Å²) in [6.45, 7) is 0. The van der Waals surface area contributed by atoms with Crippen LogP contribution in [0.4, 0.5) is 0 Å². The lowest BCUT2D eigenvalue weighted by Gasteiger charge is -2.17. The SMILES string of the molecule is O=C(O)c1ccc2c(Cl)c3c(nc2c1)CCCC3. The van der Waals surface area contributed by atoms with Gasteiger partial charge in [0.1, 0.15) is 0 Å². The lowest BCUT2D eigenvalue weighted by molar-refractivity contribution is 0.0697. The van der Waals surface area contributed by atoms with Gasteiger partial charge < -0.3 is 5.11 Å². The van der Waals surface area contributed by atoms with Gasteiger partial charge in [0, 0.05) is 11.1 Å². The summed E-state index contributed by atoms with van der Waals surface area (Å²) in [5.74, 6) is -0.937. The highest BCUT2D eigenvalue weighted by Gasteiger charge is 2.17. The van der Waals surface area contributed by atoms with Crippen molar-refractivity contribution in [2.45, 2.75) is 25.7 Å². The summed E-state index contributed by atoms with van der Waals surface area (Å²) in [6, 6.07) is 4.93. The van der Waals surface area contributed by atoms with Crippen LogP contribution in [-0.2, 0) is 12.8 Å². The number of carbonyl (C=O) groups is 1. The van der Waals surface area contributed by atoms with Crippen LogP contribution < -0.4 is 0 Å². The largest absolute Gasteiger partial charge is 0.478 e. The molecule has 0 bridgehead atoms. The summed E-state index contributed by atoms with van der Waals surface area (Å²) in [4.78, 5) is 15.5. The van der Waals surface area contributed by atoms with Crippen molar-refractivity contribution >= 4 is 28.5 Å². The van der Waals surface area contributed by atoms with Crippen LogP contribution in [0.2, 0.25) is 5.02 Å². The summed E-state index contributed by atoms with van der Waals surface area (Å²) in [6.07, 6.45) is 4.17. The number of nitrogens with zero attached hydrogens (tertiary/aromatic N) is 1. The van der Waals surface area contributed by atoms with E-state index in [-0.39, 0.29) is 5.56 Å². The van der Waals surface area contributed by atoms with Gasteiger partial charge >= 0.3 is 5.97 Å². The molecule has 1 aliphatic carbocycles. The lowest BCUT2D eigenvalue weighted by Crippen LogP contribution is -2.07. The quantitative estimate of drug-likeness (QED) is 0.855. The van der Waals surface area contributed by atoms with Gasteiger partial charge in [0.05, 0.1) is 16.1 Å². The van der Waals surface area contributed by atoms with Crippen LogP contribution in [0.15, 0.2) is 18.2 Å². The van der Waals surface area contributed by atoms with E-state index in [1.165, 1.54) is 0 Å². The Bertz CT molecular complexity index is 652. The van der Waals surface area contributed by atoms with Crippen molar-refractivity contribution in [3.05, 3.63) is 40.0 Å². The first-order valence-electron chi connectivity index (χ1n) is 6.01. The van der Waals surface area contributed by atoms with Gasteiger partial charge in [-0.3, -0.25) is 4.98 Å². The Morgan fingerprint density at radius 2 is 2.06 bits per heavy atom. The minimum atomic E-state index is -0.937. The average Bonchev–Trinajstić information content (AvgIpc) is 2.38. The number of hydrogen-bond acceptors (Lipinski definition) is 2. The molecule has 0 saturated carbocycles. The fourth-order valence-electron chi connectivity index (χ4n) is 2.50. The van der Waals surface area contributed by atoms with E-state index >= 15 is 0 Å². The average molecular weight is 262 g/mol. The zero-order valence-electron chi connectivity index (χ0n) is 9.74. The van der Waals surface area contributed by atoms with E-state index in [1.807, 2.05) is 0 Å². The number of rotatable bonds is 1. The molecular weight excluding hydrogens is 250 g/mol. The molecule has 0 unspecified atom stereocenters. The molecular formula is C14H12ClNO2. The van der Waals surface area contributed by atoms with E-state index in [4.69, 9.17) is 16.7 Å². The molecule has 0 fully saturated rings. The molecule has 92 valence electrons. The summed E-state index contributed by atoms with van der Waals surface area (Å²) < 4.78 is 0. The van der Waals surface area contributed by atoms with Crippen molar-refractivity contribution in [2.75, 3.05) is 0 Å². The summed E-state index contributed by atoms with van der Waals surface area (Å²) in [5.41, 5.74) is 3.10. The summed E-state index contributed by atoms with van der Waals surface area (Å²) in [5, 5.41) is 10.6. The van der Waals surface area contributed by atoms with Gasteiger partial charge in [0.15, 0.2) is 0 Å². The van der Waals surface area contributed by atoms with Crippen molar-refractivity contribution in [3.8, 4) is 0 Å². The number of carboxylic acids is 1. The summed E-state index contributed by atoms with van der Waals surface area (Å²) in [7, 11) is 0. The van der Waals surface area contributed by atoms with Crippen LogP contribution in [0.3, 0.4) is 0 Å². The molecule has 1 heterocycles. The van der Waals surface area contributed by atoms with Crippen LogP contribution in [-0.4, -0.2) is 16.1 Å². The van der Waals surface area contributed by atoms with E-state index in [2.05, 4.69) is 4.98 Å². The van der Waals surface area contributed by atoms with Gasteiger partial charge in [0.2, 0.25) is 0 Å². The third-order valence-corrected chi connectivity index (χ3v) is 3.87. The number of carboxylic acid groups (broad SMARTS) is 1. The van der Waals surface area contributed by atoms with Crippen molar-refractivity contribution in [3.63, 3.8) is 0 Å². The molecule has 3 rings (SSSR count). The van der Waals surface area contributed by atoms with Crippen molar-refractivity contribution in [1.29, 1.82) is 0 Å². The molecule has 2 aromatic rings. The van der Waals surface area contributed by atoms with Crippen molar-refractivity contribution < 1.29 is 9.90 Å². The van der Waals surface area contributed by atoms with Crippen LogP contribution >= 0.6 is 11.6 Å². The number of halogens is 1. The fraction of sp³-hybridized carbons (Fsp3) is 0.286. The third kappa shape index (κ3) is 1.75. The second kappa shape index (κ2) is 4.25. The molecule has 1 aliphatic rings. The Morgan fingerprint density at radius 3 is 2.83 bits per heavy atom. The summed E-state index contributed by atoms with van der Waals surface area (Å²) >= 11 is 6.40. The zero-order valence-corrected chi connectivity index (χ0v) is 10.5. The molecule has 0 spiro atoms. The molecule has 1 aromatic heterocycles. The highest BCUT2D eigenvalue weighted by Crippen LogP contribution is 2.33. The third-order valence-electron chi connectivity index (χ3n) is 3.44. The van der Waals surface area contributed by atoms with Crippen molar-refractivity contribution in [1.82, 2.24) is 4.98 Å². The van der Waals surface area contributed by atoms with Gasteiger partial charge in [-0.2, -0.15) is 0 Å². The highest BCUT2D eigenvalue weighted by molar-refractivity contribution is 6.36. The van der Waals surface area contributed by atoms with Gasteiger partial charge in [-0.1, -0.05) is 17.7 Å². The monoisotopic (exact) mass is 261 g/mol. The van der Waals surface area contributed by atoms with Gasteiger partial charge in [-0.25, -0.2) is 4.79 Å². The minimum absolute atomic E-state index is 0.252. The fourth-order valence-corrected chi connectivity index (χ4v) is 2.86. The molecule has 0 aliphatic heterocycles. The maximum Gasteiger partial charge on any atom is 0.335 e. The Morgan fingerprint density at radius 1 is 1.28 bits per heavy atom.